The number of rotatable bonds is 3. The van der Waals surface area contributed by atoms with Crippen molar-refractivity contribution in [2.24, 2.45) is 5.41 Å². The molecule has 0 aromatic heterocycles. The number of carbonyl (C=O) groups excluding carboxylic acids is 1. The standard InChI is InChI=1S/C12H20O3/c1-9(2)15-11(14)12(8-13)6-4-5-10(3)7-12/h9,13H,3-8H2,1-2H3. The van der Waals surface area contributed by atoms with Gasteiger partial charge in [0.25, 0.3) is 0 Å². The van der Waals surface area contributed by atoms with Gasteiger partial charge in [0.05, 0.1) is 18.1 Å². The highest BCUT2D eigenvalue weighted by Crippen LogP contribution is 2.39. The molecule has 1 N–H and O–H groups in total. The molecule has 0 aliphatic heterocycles. The summed E-state index contributed by atoms with van der Waals surface area (Å²) in [7, 11) is 0. The van der Waals surface area contributed by atoms with Gasteiger partial charge in [-0.3, -0.25) is 4.79 Å². The number of ether oxygens (including phenoxy) is 1. The zero-order valence-electron chi connectivity index (χ0n) is 9.58. The first-order valence-corrected chi connectivity index (χ1v) is 5.49. The molecule has 1 fully saturated rings. The minimum atomic E-state index is -0.723. The normalized spacial score (nSPS) is 26.8. The second kappa shape index (κ2) is 4.79. The quantitative estimate of drug-likeness (QED) is 0.575. The lowest BCUT2D eigenvalue weighted by atomic mass is 9.73. The maximum atomic E-state index is 11.9. The van der Waals surface area contributed by atoms with Gasteiger partial charge in [-0.05, 0) is 39.5 Å². The Morgan fingerprint density at radius 1 is 1.67 bits per heavy atom. The van der Waals surface area contributed by atoms with E-state index in [1.54, 1.807) is 0 Å². The number of aliphatic hydroxyl groups excluding tert-OH is 1. The summed E-state index contributed by atoms with van der Waals surface area (Å²) in [6.45, 7) is 7.40. The van der Waals surface area contributed by atoms with Crippen molar-refractivity contribution < 1.29 is 14.6 Å². The molecule has 0 aromatic carbocycles. The van der Waals surface area contributed by atoms with Crippen molar-refractivity contribution >= 4 is 5.97 Å². The van der Waals surface area contributed by atoms with Gasteiger partial charge in [-0.2, -0.15) is 0 Å². The molecule has 0 spiro atoms. The van der Waals surface area contributed by atoms with E-state index < -0.39 is 5.41 Å². The van der Waals surface area contributed by atoms with Gasteiger partial charge in [-0.15, -0.1) is 0 Å². The number of hydrogen-bond acceptors (Lipinski definition) is 3. The molecule has 1 atom stereocenters. The zero-order chi connectivity index (χ0) is 11.5. The van der Waals surface area contributed by atoms with Crippen molar-refractivity contribution in [3.8, 4) is 0 Å². The molecule has 0 aromatic rings. The van der Waals surface area contributed by atoms with E-state index in [9.17, 15) is 9.90 Å². The first-order valence-electron chi connectivity index (χ1n) is 5.49. The van der Waals surface area contributed by atoms with Gasteiger partial charge >= 0.3 is 5.97 Å². The summed E-state index contributed by atoms with van der Waals surface area (Å²) in [6, 6.07) is 0. The summed E-state index contributed by atoms with van der Waals surface area (Å²) in [5.41, 5.74) is 0.315. The van der Waals surface area contributed by atoms with Crippen molar-refractivity contribution in [2.75, 3.05) is 6.61 Å². The highest BCUT2D eigenvalue weighted by Gasteiger charge is 2.41. The van der Waals surface area contributed by atoms with Crippen LogP contribution >= 0.6 is 0 Å². The summed E-state index contributed by atoms with van der Waals surface area (Å²) in [6.07, 6.45) is 3.00. The van der Waals surface area contributed by atoms with Gasteiger partial charge in [0.15, 0.2) is 0 Å². The lowest BCUT2D eigenvalue weighted by molar-refractivity contribution is -0.164. The van der Waals surface area contributed by atoms with E-state index in [1.165, 1.54) is 0 Å². The smallest absolute Gasteiger partial charge is 0.314 e. The van der Waals surface area contributed by atoms with E-state index in [2.05, 4.69) is 6.58 Å². The summed E-state index contributed by atoms with van der Waals surface area (Å²) >= 11 is 0. The monoisotopic (exact) mass is 212 g/mol. The van der Waals surface area contributed by atoms with E-state index in [1.807, 2.05) is 13.8 Å². The Morgan fingerprint density at radius 3 is 2.80 bits per heavy atom. The number of hydrogen-bond donors (Lipinski definition) is 1. The molecule has 0 radical (unpaired) electrons. The molecule has 1 aliphatic carbocycles. The van der Waals surface area contributed by atoms with Crippen LogP contribution in [0.2, 0.25) is 0 Å². The van der Waals surface area contributed by atoms with Crippen LogP contribution in [0.4, 0.5) is 0 Å². The Bertz CT molecular complexity index is 258. The van der Waals surface area contributed by atoms with E-state index in [4.69, 9.17) is 4.74 Å². The molecule has 0 heterocycles. The number of carbonyl (C=O) groups is 1. The first kappa shape index (κ1) is 12.2. The molecular weight excluding hydrogens is 192 g/mol. The number of allylic oxidation sites excluding steroid dienone is 1. The molecule has 1 saturated carbocycles. The van der Waals surface area contributed by atoms with Crippen LogP contribution in [0.5, 0.6) is 0 Å². The Labute approximate surface area is 91.1 Å². The lowest BCUT2D eigenvalue weighted by Gasteiger charge is -2.34. The van der Waals surface area contributed by atoms with Gasteiger partial charge in [-0.1, -0.05) is 12.2 Å². The third kappa shape index (κ3) is 2.81. The fourth-order valence-corrected chi connectivity index (χ4v) is 2.04. The van der Waals surface area contributed by atoms with Gasteiger partial charge in [0.2, 0.25) is 0 Å². The molecular formula is C12H20O3. The van der Waals surface area contributed by atoms with Crippen LogP contribution in [0.25, 0.3) is 0 Å². The fraction of sp³-hybridized carbons (Fsp3) is 0.750. The molecule has 0 amide bonds. The Balaban J connectivity index is 2.74. The van der Waals surface area contributed by atoms with E-state index in [-0.39, 0.29) is 18.7 Å². The third-order valence-electron chi connectivity index (χ3n) is 2.85. The average Bonchev–Trinajstić information content (AvgIpc) is 2.16. The van der Waals surface area contributed by atoms with Crippen LogP contribution in [-0.4, -0.2) is 23.8 Å². The molecule has 3 nitrogen and oxygen atoms in total. The molecule has 0 bridgehead atoms. The Morgan fingerprint density at radius 2 is 2.33 bits per heavy atom. The molecule has 3 heteroatoms. The number of aliphatic hydroxyl groups is 1. The predicted molar refractivity (Wildman–Crippen MR) is 58.4 cm³/mol. The minimum absolute atomic E-state index is 0.129. The van der Waals surface area contributed by atoms with Gasteiger partial charge in [0, 0.05) is 0 Å². The Hall–Kier alpha value is -0.830. The van der Waals surface area contributed by atoms with Gasteiger partial charge in [0.1, 0.15) is 0 Å². The van der Waals surface area contributed by atoms with Crippen LogP contribution in [0.1, 0.15) is 39.5 Å². The van der Waals surface area contributed by atoms with Crippen LogP contribution in [0.15, 0.2) is 12.2 Å². The van der Waals surface area contributed by atoms with Crippen LogP contribution in [0.3, 0.4) is 0 Å². The SMILES string of the molecule is C=C1CCCC(CO)(C(=O)OC(C)C)C1. The number of esters is 1. The van der Waals surface area contributed by atoms with Crippen LogP contribution in [0, 0.1) is 5.41 Å². The van der Waals surface area contributed by atoms with E-state index in [0.717, 1.165) is 18.4 Å². The molecule has 15 heavy (non-hydrogen) atoms. The Kier molecular flexibility index (Phi) is 3.91. The molecule has 1 rings (SSSR count). The highest BCUT2D eigenvalue weighted by molar-refractivity contribution is 5.77. The van der Waals surface area contributed by atoms with Crippen molar-refractivity contribution in [3.63, 3.8) is 0 Å². The second-order valence-electron chi connectivity index (χ2n) is 4.67. The van der Waals surface area contributed by atoms with Crippen molar-refractivity contribution in [3.05, 3.63) is 12.2 Å². The fourth-order valence-electron chi connectivity index (χ4n) is 2.04. The van der Waals surface area contributed by atoms with E-state index >= 15 is 0 Å². The predicted octanol–water partition coefficient (Wildman–Crippen LogP) is 2.05. The molecule has 1 aliphatic rings. The molecule has 1 unspecified atom stereocenters. The highest BCUT2D eigenvalue weighted by atomic mass is 16.5. The molecule has 0 saturated heterocycles. The summed E-state index contributed by atoms with van der Waals surface area (Å²) in [4.78, 5) is 11.9. The zero-order valence-corrected chi connectivity index (χ0v) is 9.58. The lowest BCUT2D eigenvalue weighted by Crippen LogP contribution is -2.40. The minimum Gasteiger partial charge on any atom is -0.462 e. The van der Waals surface area contributed by atoms with Gasteiger partial charge in [-0.25, -0.2) is 0 Å². The van der Waals surface area contributed by atoms with Crippen molar-refractivity contribution in [1.82, 2.24) is 0 Å². The maximum Gasteiger partial charge on any atom is 0.314 e. The topological polar surface area (TPSA) is 46.5 Å². The summed E-state index contributed by atoms with van der Waals surface area (Å²) in [5.74, 6) is -0.277. The van der Waals surface area contributed by atoms with Crippen molar-refractivity contribution in [1.29, 1.82) is 0 Å². The van der Waals surface area contributed by atoms with Gasteiger partial charge < -0.3 is 9.84 Å². The molecule has 86 valence electrons. The third-order valence-corrected chi connectivity index (χ3v) is 2.85. The largest absolute Gasteiger partial charge is 0.462 e. The maximum absolute atomic E-state index is 11.9. The first-order chi connectivity index (χ1) is 7.00. The van der Waals surface area contributed by atoms with E-state index in [0.29, 0.717) is 12.8 Å². The second-order valence-corrected chi connectivity index (χ2v) is 4.67. The average molecular weight is 212 g/mol. The summed E-state index contributed by atoms with van der Waals surface area (Å²) < 4.78 is 5.19. The summed E-state index contributed by atoms with van der Waals surface area (Å²) in [5, 5.41) is 9.40. The van der Waals surface area contributed by atoms with Crippen molar-refractivity contribution in [2.45, 2.75) is 45.6 Å². The van der Waals surface area contributed by atoms with Crippen LogP contribution in [-0.2, 0) is 9.53 Å². The van der Waals surface area contributed by atoms with Crippen LogP contribution < -0.4 is 0 Å².